The predicted octanol–water partition coefficient (Wildman–Crippen LogP) is 2.80. The molecule has 0 bridgehead atoms. The van der Waals surface area contributed by atoms with Crippen molar-refractivity contribution >= 4 is 11.9 Å². The van der Waals surface area contributed by atoms with Gasteiger partial charge in [-0.2, -0.15) is 0 Å². The molecular weight excluding hydrogens is 240 g/mol. The van der Waals surface area contributed by atoms with Gasteiger partial charge in [-0.1, -0.05) is 18.2 Å². The van der Waals surface area contributed by atoms with Gasteiger partial charge >= 0.3 is 6.03 Å². The van der Waals surface area contributed by atoms with Crippen molar-refractivity contribution in [3.8, 4) is 0 Å². The molecule has 1 fully saturated rings. The van der Waals surface area contributed by atoms with Crippen molar-refractivity contribution in [1.82, 2.24) is 10.2 Å². The monoisotopic (exact) mass is 260 g/mol. The maximum Gasteiger partial charge on any atom is 0.324 e. The molecule has 3 amide bonds. The second-order valence-corrected chi connectivity index (χ2v) is 5.16. The number of rotatable bonds is 1. The minimum Gasteiger partial charge on any atom is -0.319 e. The summed E-state index contributed by atoms with van der Waals surface area (Å²) in [7, 11) is 0. The highest BCUT2D eigenvalue weighted by Gasteiger charge is 2.29. The molecule has 2 atom stereocenters. The average Bonchev–Trinajstić information content (AvgIpc) is 2.39. The highest BCUT2D eigenvalue weighted by atomic mass is 16.2. The lowest BCUT2D eigenvalue weighted by Crippen LogP contribution is -2.53. The zero-order chi connectivity index (χ0) is 13.8. The molecule has 1 aromatic rings. The predicted molar refractivity (Wildman–Crippen MR) is 73.9 cm³/mol. The minimum atomic E-state index is -0.337. The van der Waals surface area contributed by atoms with E-state index in [1.807, 2.05) is 19.9 Å². The third-order valence-electron chi connectivity index (χ3n) is 3.68. The molecule has 0 aromatic heterocycles. The van der Waals surface area contributed by atoms with Crippen LogP contribution in [0.3, 0.4) is 0 Å². The van der Waals surface area contributed by atoms with Crippen LogP contribution in [-0.4, -0.2) is 28.9 Å². The summed E-state index contributed by atoms with van der Waals surface area (Å²) in [5.74, 6) is -0.337. The number of nitrogens with zero attached hydrogens (tertiary/aromatic N) is 1. The van der Waals surface area contributed by atoms with Crippen molar-refractivity contribution in [2.45, 2.75) is 45.2 Å². The van der Waals surface area contributed by atoms with Gasteiger partial charge in [-0.05, 0) is 45.2 Å². The molecule has 0 unspecified atom stereocenters. The van der Waals surface area contributed by atoms with Gasteiger partial charge in [0.1, 0.15) is 0 Å². The first-order chi connectivity index (χ1) is 9.09. The van der Waals surface area contributed by atoms with Crippen LogP contribution in [0.1, 0.15) is 43.5 Å². The number of hydrogen-bond donors (Lipinski definition) is 1. The normalized spacial score (nSPS) is 22.9. The fourth-order valence-electron chi connectivity index (χ4n) is 2.64. The number of urea groups is 1. The van der Waals surface area contributed by atoms with E-state index < -0.39 is 0 Å². The third-order valence-corrected chi connectivity index (χ3v) is 3.68. The van der Waals surface area contributed by atoms with E-state index in [4.69, 9.17) is 0 Å². The minimum absolute atomic E-state index is 0.187. The lowest BCUT2D eigenvalue weighted by molar-refractivity contribution is 0.0908. The van der Waals surface area contributed by atoms with E-state index in [2.05, 4.69) is 5.32 Å². The molecule has 4 heteroatoms. The maximum atomic E-state index is 12.2. The van der Waals surface area contributed by atoms with Crippen molar-refractivity contribution in [2.24, 2.45) is 0 Å². The largest absolute Gasteiger partial charge is 0.324 e. The van der Waals surface area contributed by atoms with Crippen LogP contribution < -0.4 is 5.32 Å². The van der Waals surface area contributed by atoms with E-state index in [1.54, 1.807) is 29.2 Å². The van der Waals surface area contributed by atoms with Gasteiger partial charge in [0, 0.05) is 17.6 Å². The molecule has 0 spiro atoms. The molecule has 0 aliphatic carbocycles. The molecule has 19 heavy (non-hydrogen) atoms. The molecule has 2 rings (SSSR count). The summed E-state index contributed by atoms with van der Waals surface area (Å²) >= 11 is 0. The molecule has 1 saturated heterocycles. The van der Waals surface area contributed by atoms with E-state index in [0.29, 0.717) is 5.56 Å². The van der Waals surface area contributed by atoms with Crippen LogP contribution in [0.15, 0.2) is 30.3 Å². The molecule has 102 valence electrons. The van der Waals surface area contributed by atoms with Gasteiger partial charge in [-0.15, -0.1) is 0 Å². The molecule has 4 nitrogen and oxygen atoms in total. The Bertz CT molecular complexity index is 448. The third kappa shape index (κ3) is 3.13. The first-order valence-electron chi connectivity index (χ1n) is 6.78. The van der Waals surface area contributed by atoms with Crippen molar-refractivity contribution in [2.75, 3.05) is 0 Å². The quantitative estimate of drug-likeness (QED) is 0.844. The summed E-state index contributed by atoms with van der Waals surface area (Å²) < 4.78 is 0. The number of carbonyl (C=O) groups is 2. The van der Waals surface area contributed by atoms with Crippen LogP contribution in [0.5, 0.6) is 0 Å². The van der Waals surface area contributed by atoms with Gasteiger partial charge in [0.05, 0.1) is 0 Å². The number of imide groups is 1. The van der Waals surface area contributed by atoms with Crippen LogP contribution in [0.4, 0.5) is 4.79 Å². The van der Waals surface area contributed by atoms with Gasteiger partial charge in [0.2, 0.25) is 0 Å². The number of carbonyl (C=O) groups excluding carboxylic acids is 2. The van der Waals surface area contributed by atoms with Crippen LogP contribution in [-0.2, 0) is 0 Å². The summed E-state index contributed by atoms with van der Waals surface area (Å²) in [6, 6.07) is 8.90. The fourth-order valence-corrected chi connectivity index (χ4v) is 2.64. The Morgan fingerprint density at radius 3 is 2.26 bits per heavy atom. The van der Waals surface area contributed by atoms with Crippen molar-refractivity contribution < 1.29 is 9.59 Å². The van der Waals surface area contributed by atoms with Crippen molar-refractivity contribution in [1.29, 1.82) is 0 Å². The number of amides is 3. The highest BCUT2D eigenvalue weighted by molar-refractivity contribution is 6.04. The Balaban J connectivity index is 2.02. The van der Waals surface area contributed by atoms with Gasteiger partial charge in [0.25, 0.3) is 5.91 Å². The topological polar surface area (TPSA) is 49.4 Å². The molecule has 1 aliphatic rings. The SMILES string of the molecule is C[C@@H]1CCC[C@@H](C)N1C(=O)NC(=O)c1ccccc1. The lowest BCUT2D eigenvalue weighted by atomic mass is 9.98. The smallest absolute Gasteiger partial charge is 0.319 e. The van der Waals surface area contributed by atoms with Gasteiger partial charge in [0.15, 0.2) is 0 Å². The first kappa shape index (κ1) is 13.6. The van der Waals surface area contributed by atoms with E-state index in [0.717, 1.165) is 19.3 Å². The molecule has 0 radical (unpaired) electrons. The van der Waals surface area contributed by atoms with Gasteiger partial charge < -0.3 is 4.90 Å². The fraction of sp³-hybridized carbons (Fsp3) is 0.467. The number of hydrogen-bond acceptors (Lipinski definition) is 2. The zero-order valence-electron chi connectivity index (χ0n) is 11.4. The van der Waals surface area contributed by atoms with E-state index >= 15 is 0 Å². The van der Waals surface area contributed by atoms with Crippen LogP contribution in [0.25, 0.3) is 0 Å². The van der Waals surface area contributed by atoms with Gasteiger partial charge in [-0.25, -0.2) is 4.79 Å². The van der Waals surface area contributed by atoms with Crippen LogP contribution in [0.2, 0.25) is 0 Å². The molecular formula is C15H20N2O2. The Morgan fingerprint density at radius 2 is 1.68 bits per heavy atom. The van der Waals surface area contributed by atoms with E-state index in [9.17, 15) is 9.59 Å². The summed E-state index contributed by atoms with van der Waals surface area (Å²) in [5.41, 5.74) is 0.508. The van der Waals surface area contributed by atoms with E-state index in [-0.39, 0.29) is 24.0 Å². The van der Waals surface area contributed by atoms with Crippen molar-refractivity contribution in [3.05, 3.63) is 35.9 Å². The summed E-state index contributed by atoms with van der Waals surface area (Å²) in [4.78, 5) is 25.9. The second kappa shape index (κ2) is 5.87. The van der Waals surface area contributed by atoms with Crippen LogP contribution >= 0.6 is 0 Å². The lowest BCUT2D eigenvalue weighted by Gasteiger charge is -2.38. The van der Waals surface area contributed by atoms with Gasteiger partial charge in [-0.3, -0.25) is 10.1 Å². The average molecular weight is 260 g/mol. The zero-order valence-corrected chi connectivity index (χ0v) is 11.4. The number of piperidine rings is 1. The molecule has 1 heterocycles. The molecule has 1 aromatic carbocycles. The standard InChI is InChI=1S/C15H20N2O2/c1-11-7-6-8-12(2)17(11)15(19)16-14(18)13-9-4-3-5-10-13/h3-5,9-12H,6-8H2,1-2H3,(H,16,18,19)/t11-,12-/m1/s1. The summed E-state index contributed by atoms with van der Waals surface area (Å²) in [6.07, 6.45) is 3.13. The number of benzene rings is 1. The highest BCUT2D eigenvalue weighted by Crippen LogP contribution is 2.22. The molecule has 1 aliphatic heterocycles. The number of nitrogens with one attached hydrogen (secondary N) is 1. The molecule has 0 saturated carbocycles. The Morgan fingerprint density at radius 1 is 1.11 bits per heavy atom. The maximum absolute atomic E-state index is 12.2. The molecule has 1 N–H and O–H groups in total. The van der Waals surface area contributed by atoms with E-state index in [1.165, 1.54) is 0 Å². The Labute approximate surface area is 113 Å². The Kier molecular flexibility index (Phi) is 4.20. The first-order valence-corrected chi connectivity index (χ1v) is 6.78. The summed E-state index contributed by atoms with van der Waals surface area (Å²) in [6.45, 7) is 4.06. The summed E-state index contributed by atoms with van der Waals surface area (Å²) in [5, 5.41) is 2.47. The second-order valence-electron chi connectivity index (χ2n) is 5.16. The Hall–Kier alpha value is -1.84. The number of likely N-dealkylation sites (tertiary alicyclic amines) is 1. The van der Waals surface area contributed by atoms with Crippen molar-refractivity contribution in [3.63, 3.8) is 0 Å². The van der Waals surface area contributed by atoms with Crippen LogP contribution in [0, 0.1) is 0 Å².